The average molecular weight is 328 g/mol. The van der Waals surface area contributed by atoms with Crippen LogP contribution in [0.15, 0.2) is 5.38 Å². The number of nitrogens with one attached hydrogen (secondary N) is 2. The molecule has 1 saturated heterocycles. The van der Waals surface area contributed by atoms with Crippen molar-refractivity contribution in [1.82, 2.24) is 15.2 Å². The fraction of sp³-hybridized carbons (Fsp3) is 0.364. The highest BCUT2D eigenvalue weighted by molar-refractivity contribution is 8.14. The van der Waals surface area contributed by atoms with Crippen LogP contribution in [0.1, 0.15) is 5.69 Å². The van der Waals surface area contributed by atoms with Crippen LogP contribution >= 0.6 is 23.1 Å². The number of aryl methyl sites for hydroxylation is 1. The predicted molar refractivity (Wildman–Crippen MR) is 78.1 cm³/mol. The minimum atomic E-state index is -0.838. The molecule has 8 nitrogen and oxygen atoms in total. The van der Waals surface area contributed by atoms with E-state index in [-0.39, 0.29) is 30.0 Å². The molecule has 0 unspecified atom stereocenters. The van der Waals surface area contributed by atoms with Gasteiger partial charge in [-0.05, 0) is 6.92 Å². The Morgan fingerprint density at radius 1 is 1.38 bits per heavy atom. The standard InChI is InChI=1S/C11H12N4O4S2/c1-6-4-20-10(13-6)14-9(18)8(17)12-2-3-15-7(16)5-21-11(15)19/h4H,2-3,5H2,1H3,(H,12,17)(H,13,14,18). The summed E-state index contributed by atoms with van der Waals surface area (Å²) >= 11 is 2.14. The summed E-state index contributed by atoms with van der Waals surface area (Å²) in [5.74, 6) is -1.84. The molecule has 0 aliphatic carbocycles. The van der Waals surface area contributed by atoms with Crippen molar-refractivity contribution < 1.29 is 19.2 Å². The van der Waals surface area contributed by atoms with Gasteiger partial charge in [-0.2, -0.15) is 0 Å². The molecular weight excluding hydrogens is 316 g/mol. The third-order valence-electron chi connectivity index (χ3n) is 2.51. The van der Waals surface area contributed by atoms with Crippen molar-refractivity contribution >= 4 is 51.2 Å². The van der Waals surface area contributed by atoms with Crippen molar-refractivity contribution in [2.24, 2.45) is 0 Å². The van der Waals surface area contributed by atoms with Crippen LogP contribution in [0.5, 0.6) is 0 Å². The van der Waals surface area contributed by atoms with E-state index in [1.807, 2.05) is 0 Å². The van der Waals surface area contributed by atoms with Gasteiger partial charge in [-0.15, -0.1) is 11.3 Å². The highest BCUT2D eigenvalue weighted by atomic mass is 32.2. The third kappa shape index (κ3) is 4.02. The zero-order chi connectivity index (χ0) is 15.4. The molecule has 0 saturated carbocycles. The molecule has 21 heavy (non-hydrogen) atoms. The van der Waals surface area contributed by atoms with Gasteiger partial charge in [-0.3, -0.25) is 29.4 Å². The number of rotatable bonds is 4. The zero-order valence-electron chi connectivity index (χ0n) is 11.0. The lowest BCUT2D eigenvalue weighted by Gasteiger charge is -2.12. The van der Waals surface area contributed by atoms with E-state index in [0.717, 1.165) is 22.4 Å². The molecule has 10 heteroatoms. The van der Waals surface area contributed by atoms with Gasteiger partial charge in [0.05, 0.1) is 11.4 Å². The molecule has 2 heterocycles. The first kappa shape index (κ1) is 15.4. The number of hydrogen-bond acceptors (Lipinski definition) is 7. The molecular formula is C11H12N4O4S2. The number of hydrogen-bond donors (Lipinski definition) is 2. The number of anilines is 1. The number of thiazole rings is 1. The van der Waals surface area contributed by atoms with Crippen LogP contribution in [-0.4, -0.2) is 51.7 Å². The summed E-state index contributed by atoms with van der Waals surface area (Å²) < 4.78 is 0. The third-order valence-corrected chi connectivity index (χ3v) is 4.24. The fourth-order valence-corrected chi connectivity index (χ4v) is 2.96. The monoisotopic (exact) mass is 328 g/mol. The predicted octanol–water partition coefficient (Wildman–Crippen LogP) is 0.202. The second-order valence-corrected chi connectivity index (χ2v) is 5.89. The smallest absolute Gasteiger partial charge is 0.315 e. The van der Waals surface area contributed by atoms with Crippen LogP contribution in [0.2, 0.25) is 0 Å². The minimum Gasteiger partial charge on any atom is -0.346 e. The van der Waals surface area contributed by atoms with E-state index in [1.54, 1.807) is 12.3 Å². The summed E-state index contributed by atoms with van der Waals surface area (Å²) in [7, 11) is 0. The Hall–Kier alpha value is -1.94. The van der Waals surface area contributed by atoms with Gasteiger partial charge >= 0.3 is 11.8 Å². The maximum absolute atomic E-state index is 11.6. The Kier molecular flexibility index (Phi) is 4.91. The van der Waals surface area contributed by atoms with Gasteiger partial charge in [0.1, 0.15) is 0 Å². The quantitative estimate of drug-likeness (QED) is 0.765. The maximum Gasteiger partial charge on any atom is 0.315 e. The first-order valence-corrected chi connectivity index (χ1v) is 7.82. The van der Waals surface area contributed by atoms with Gasteiger partial charge in [-0.25, -0.2) is 4.98 Å². The number of carbonyl (C=O) groups is 4. The molecule has 1 aliphatic rings. The Balaban J connectivity index is 1.75. The van der Waals surface area contributed by atoms with Gasteiger partial charge in [0, 0.05) is 18.5 Å². The first-order chi connectivity index (χ1) is 9.97. The van der Waals surface area contributed by atoms with Gasteiger partial charge in [0.25, 0.3) is 5.24 Å². The zero-order valence-corrected chi connectivity index (χ0v) is 12.7. The number of aromatic nitrogens is 1. The number of imide groups is 1. The van der Waals surface area contributed by atoms with E-state index in [1.165, 1.54) is 11.3 Å². The average Bonchev–Trinajstić information content (AvgIpc) is 2.98. The lowest BCUT2D eigenvalue weighted by molar-refractivity contribution is -0.136. The lowest BCUT2D eigenvalue weighted by Crippen LogP contribution is -2.41. The van der Waals surface area contributed by atoms with Crippen molar-refractivity contribution in [2.75, 3.05) is 24.2 Å². The second-order valence-electron chi connectivity index (χ2n) is 4.10. The topological polar surface area (TPSA) is 108 Å². The van der Waals surface area contributed by atoms with Crippen LogP contribution in [0.4, 0.5) is 9.93 Å². The van der Waals surface area contributed by atoms with E-state index < -0.39 is 11.8 Å². The van der Waals surface area contributed by atoms with Gasteiger partial charge in [0.15, 0.2) is 5.13 Å². The number of nitrogens with zero attached hydrogens (tertiary/aromatic N) is 2. The largest absolute Gasteiger partial charge is 0.346 e. The molecule has 1 aliphatic heterocycles. The first-order valence-electron chi connectivity index (χ1n) is 5.96. The minimum absolute atomic E-state index is 0.0290. The molecule has 0 spiro atoms. The number of carbonyl (C=O) groups excluding carboxylic acids is 4. The van der Waals surface area contributed by atoms with E-state index in [9.17, 15) is 19.2 Å². The lowest BCUT2D eigenvalue weighted by atomic mass is 10.4. The van der Waals surface area contributed by atoms with Crippen LogP contribution in [-0.2, 0) is 14.4 Å². The maximum atomic E-state index is 11.6. The SMILES string of the molecule is Cc1csc(NC(=O)C(=O)NCCN2C(=O)CSC2=O)n1. The van der Waals surface area contributed by atoms with Crippen LogP contribution in [0.25, 0.3) is 0 Å². The summed E-state index contributed by atoms with van der Waals surface area (Å²) in [6, 6.07) is 0. The normalized spacial score (nSPS) is 14.4. The summed E-state index contributed by atoms with van der Waals surface area (Å²) in [5, 5.41) is 6.46. The van der Waals surface area contributed by atoms with Crippen molar-refractivity contribution in [3.63, 3.8) is 0 Å². The van der Waals surface area contributed by atoms with Crippen molar-refractivity contribution in [3.8, 4) is 0 Å². The summed E-state index contributed by atoms with van der Waals surface area (Å²) in [6.07, 6.45) is 0. The Bertz CT molecular complexity index is 585. The fourth-order valence-electron chi connectivity index (χ4n) is 1.52. The Morgan fingerprint density at radius 3 is 2.71 bits per heavy atom. The second kappa shape index (κ2) is 6.68. The van der Waals surface area contributed by atoms with Crippen molar-refractivity contribution in [1.29, 1.82) is 0 Å². The van der Waals surface area contributed by atoms with Crippen LogP contribution in [0.3, 0.4) is 0 Å². The Morgan fingerprint density at radius 2 is 2.14 bits per heavy atom. The summed E-state index contributed by atoms with van der Waals surface area (Å²) in [5.41, 5.74) is 0.749. The molecule has 0 radical (unpaired) electrons. The summed E-state index contributed by atoms with van der Waals surface area (Å²) in [4.78, 5) is 50.8. The molecule has 2 rings (SSSR count). The molecule has 0 atom stereocenters. The molecule has 1 aromatic heterocycles. The van der Waals surface area contributed by atoms with Gasteiger partial charge in [-0.1, -0.05) is 11.8 Å². The van der Waals surface area contributed by atoms with Crippen LogP contribution in [0, 0.1) is 6.92 Å². The molecule has 4 amide bonds. The highest BCUT2D eigenvalue weighted by Crippen LogP contribution is 2.17. The Labute approximate surface area is 128 Å². The van der Waals surface area contributed by atoms with E-state index in [0.29, 0.717) is 5.13 Å². The van der Waals surface area contributed by atoms with E-state index in [4.69, 9.17) is 0 Å². The molecule has 0 bridgehead atoms. The molecule has 112 valence electrons. The van der Waals surface area contributed by atoms with Crippen molar-refractivity contribution in [3.05, 3.63) is 11.1 Å². The molecule has 2 N–H and O–H groups in total. The van der Waals surface area contributed by atoms with Crippen LogP contribution < -0.4 is 10.6 Å². The summed E-state index contributed by atoms with van der Waals surface area (Å²) in [6.45, 7) is 1.86. The van der Waals surface area contributed by atoms with Gasteiger partial charge in [0.2, 0.25) is 5.91 Å². The molecule has 0 aromatic carbocycles. The number of amides is 4. The number of thioether (sulfide) groups is 1. The van der Waals surface area contributed by atoms with E-state index in [2.05, 4.69) is 15.6 Å². The van der Waals surface area contributed by atoms with Crippen molar-refractivity contribution in [2.45, 2.75) is 6.92 Å². The molecule has 1 fully saturated rings. The molecule has 1 aromatic rings. The highest BCUT2D eigenvalue weighted by Gasteiger charge is 2.29. The van der Waals surface area contributed by atoms with Gasteiger partial charge < -0.3 is 5.32 Å². The van der Waals surface area contributed by atoms with E-state index >= 15 is 0 Å².